The highest BCUT2D eigenvalue weighted by molar-refractivity contribution is 7.17. The van der Waals surface area contributed by atoms with Crippen LogP contribution in [0.3, 0.4) is 0 Å². The quantitative estimate of drug-likeness (QED) is 0.791. The van der Waals surface area contributed by atoms with E-state index in [9.17, 15) is 4.79 Å². The zero-order chi connectivity index (χ0) is 16.5. The van der Waals surface area contributed by atoms with Crippen LogP contribution < -0.4 is 10.3 Å². The van der Waals surface area contributed by atoms with Crippen molar-refractivity contribution in [3.8, 4) is 5.75 Å². The van der Waals surface area contributed by atoms with E-state index >= 15 is 0 Å². The molecule has 6 heteroatoms. The molecule has 1 fully saturated rings. The van der Waals surface area contributed by atoms with Crippen LogP contribution in [0, 0.1) is 0 Å². The Kier molecular flexibility index (Phi) is 4.08. The summed E-state index contributed by atoms with van der Waals surface area (Å²) >= 11 is 1.43. The lowest BCUT2D eigenvalue weighted by Gasteiger charge is -2.24. The third-order valence-electron chi connectivity index (χ3n) is 4.58. The van der Waals surface area contributed by atoms with Gasteiger partial charge in [0.25, 0.3) is 5.56 Å². The van der Waals surface area contributed by atoms with Gasteiger partial charge in [-0.3, -0.25) is 9.69 Å². The molecular weight excluding hydrogens is 322 g/mol. The smallest absolute Gasteiger partial charge is 0.268 e. The molecule has 1 aliphatic heterocycles. The van der Waals surface area contributed by atoms with Crippen molar-refractivity contribution < 1.29 is 4.74 Å². The number of likely N-dealkylation sites (tertiary alicyclic amines) is 1. The summed E-state index contributed by atoms with van der Waals surface area (Å²) in [5, 5.41) is 1.91. The van der Waals surface area contributed by atoms with E-state index in [0.29, 0.717) is 17.3 Å². The second-order valence-electron chi connectivity index (χ2n) is 6.05. The first-order valence-corrected chi connectivity index (χ1v) is 8.97. The summed E-state index contributed by atoms with van der Waals surface area (Å²) in [6.07, 6.45) is 2.28. The largest absolute Gasteiger partial charge is 0.497 e. The van der Waals surface area contributed by atoms with Crippen LogP contribution >= 0.6 is 11.3 Å². The van der Waals surface area contributed by atoms with Crippen LogP contribution in [-0.2, 0) is 6.54 Å². The summed E-state index contributed by atoms with van der Waals surface area (Å²) in [7, 11) is 1.68. The SMILES string of the molecule is COc1ccc([C@H]2CCCN2Cc2nc3ccsc3c(=O)[nH]2)cc1. The second kappa shape index (κ2) is 6.37. The maximum atomic E-state index is 12.1. The molecule has 0 unspecified atom stereocenters. The monoisotopic (exact) mass is 341 g/mol. The fraction of sp³-hybridized carbons (Fsp3) is 0.333. The molecule has 3 aromatic rings. The first-order chi connectivity index (χ1) is 11.7. The minimum Gasteiger partial charge on any atom is -0.497 e. The highest BCUT2D eigenvalue weighted by Crippen LogP contribution is 2.33. The number of hydrogen-bond acceptors (Lipinski definition) is 5. The number of rotatable bonds is 4. The van der Waals surface area contributed by atoms with E-state index in [2.05, 4.69) is 27.0 Å². The Balaban J connectivity index is 1.58. The van der Waals surface area contributed by atoms with E-state index in [0.717, 1.165) is 36.5 Å². The molecule has 0 saturated carbocycles. The molecule has 1 atom stereocenters. The van der Waals surface area contributed by atoms with Crippen molar-refractivity contribution in [2.75, 3.05) is 13.7 Å². The maximum Gasteiger partial charge on any atom is 0.268 e. The number of methoxy groups -OCH3 is 1. The molecule has 0 amide bonds. The van der Waals surface area contributed by atoms with Gasteiger partial charge in [0.2, 0.25) is 0 Å². The normalized spacial score (nSPS) is 18.3. The standard InChI is InChI=1S/C18H19N3O2S/c1-23-13-6-4-12(5-7-13)15-3-2-9-21(15)11-16-19-14-8-10-24-17(14)18(22)20-16/h4-8,10,15H,2-3,9,11H2,1H3,(H,19,20,22)/t15-/m1/s1. The maximum absolute atomic E-state index is 12.1. The van der Waals surface area contributed by atoms with Crippen molar-refractivity contribution in [2.24, 2.45) is 0 Å². The third-order valence-corrected chi connectivity index (χ3v) is 5.48. The highest BCUT2D eigenvalue weighted by atomic mass is 32.1. The molecule has 1 N–H and O–H groups in total. The van der Waals surface area contributed by atoms with Crippen molar-refractivity contribution in [3.63, 3.8) is 0 Å². The summed E-state index contributed by atoms with van der Waals surface area (Å²) in [6, 6.07) is 10.5. The molecule has 0 bridgehead atoms. The molecular formula is C18H19N3O2S. The Hall–Kier alpha value is -2.18. The molecule has 1 aromatic carbocycles. The zero-order valence-electron chi connectivity index (χ0n) is 13.5. The minimum absolute atomic E-state index is 0.0369. The molecule has 1 saturated heterocycles. The molecule has 3 heterocycles. The van der Waals surface area contributed by atoms with Gasteiger partial charge in [0.15, 0.2) is 0 Å². The summed E-state index contributed by atoms with van der Waals surface area (Å²) < 4.78 is 5.94. The lowest BCUT2D eigenvalue weighted by Crippen LogP contribution is -2.25. The van der Waals surface area contributed by atoms with Gasteiger partial charge in [-0.05, 0) is 48.5 Å². The predicted octanol–water partition coefficient (Wildman–Crippen LogP) is 3.33. The average molecular weight is 341 g/mol. The number of nitrogens with one attached hydrogen (secondary N) is 1. The number of hydrogen-bond donors (Lipinski definition) is 1. The summed E-state index contributed by atoms with van der Waals surface area (Å²) in [5.41, 5.74) is 2.04. The van der Waals surface area contributed by atoms with E-state index < -0.39 is 0 Å². The van der Waals surface area contributed by atoms with Crippen LogP contribution in [0.5, 0.6) is 5.75 Å². The van der Waals surface area contributed by atoms with Crippen molar-refractivity contribution >= 4 is 21.6 Å². The van der Waals surface area contributed by atoms with Crippen LogP contribution in [-0.4, -0.2) is 28.5 Å². The van der Waals surface area contributed by atoms with Crippen molar-refractivity contribution in [1.29, 1.82) is 0 Å². The van der Waals surface area contributed by atoms with Crippen molar-refractivity contribution in [2.45, 2.75) is 25.4 Å². The van der Waals surface area contributed by atoms with E-state index in [4.69, 9.17) is 4.74 Å². The van der Waals surface area contributed by atoms with E-state index in [1.807, 2.05) is 23.6 Å². The van der Waals surface area contributed by atoms with Gasteiger partial charge >= 0.3 is 0 Å². The summed E-state index contributed by atoms with van der Waals surface area (Å²) in [4.78, 5) is 22.1. The van der Waals surface area contributed by atoms with Gasteiger partial charge in [0.05, 0.1) is 19.2 Å². The predicted molar refractivity (Wildman–Crippen MR) is 95.6 cm³/mol. The molecule has 5 nitrogen and oxygen atoms in total. The highest BCUT2D eigenvalue weighted by Gasteiger charge is 2.26. The van der Waals surface area contributed by atoms with E-state index in [-0.39, 0.29) is 5.56 Å². The number of H-pyrrole nitrogens is 1. The topological polar surface area (TPSA) is 58.2 Å². The summed E-state index contributed by atoms with van der Waals surface area (Å²) in [5.74, 6) is 1.61. The van der Waals surface area contributed by atoms with Gasteiger partial charge in [-0.15, -0.1) is 11.3 Å². The number of benzene rings is 1. The first kappa shape index (κ1) is 15.4. The Bertz CT molecular complexity index is 901. The van der Waals surface area contributed by atoms with Gasteiger partial charge in [-0.25, -0.2) is 4.98 Å². The molecule has 0 radical (unpaired) electrons. The molecule has 0 spiro atoms. The fourth-order valence-electron chi connectivity index (χ4n) is 3.41. The number of thiophene rings is 1. The number of aromatic amines is 1. The van der Waals surface area contributed by atoms with Crippen LogP contribution in [0.25, 0.3) is 10.2 Å². The van der Waals surface area contributed by atoms with E-state index in [1.165, 1.54) is 16.9 Å². The van der Waals surface area contributed by atoms with Crippen molar-refractivity contribution in [1.82, 2.24) is 14.9 Å². The molecule has 0 aliphatic carbocycles. The number of aromatic nitrogens is 2. The van der Waals surface area contributed by atoms with Gasteiger partial charge in [-0.1, -0.05) is 12.1 Å². The van der Waals surface area contributed by atoms with Gasteiger partial charge in [-0.2, -0.15) is 0 Å². The Morgan fingerprint density at radius 1 is 1.33 bits per heavy atom. The van der Waals surface area contributed by atoms with E-state index in [1.54, 1.807) is 7.11 Å². The molecule has 124 valence electrons. The van der Waals surface area contributed by atoms with Gasteiger partial charge < -0.3 is 9.72 Å². The van der Waals surface area contributed by atoms with Crippen molar-refractivity contribution in [3.05, 3.63) is 57.5 Å². The number of fused-ring (bicyclic) bond motifs is 1. The lowest BCUT2D eigenvalue weighted by atomic mass is 10.0. The minimum atomic E-state index is -0.0369. The van der Waals surface area contributed by atoms with Crippen LogP contribution in [0.15, 0.2) is 40.5 Å². The first-order valence-electron chi connectivity index (χ1n) is 8.09. The Morgan fingerprint density at radius 3 is 2.96 bits per heavy atom. The third kappa shape index (κ3) is 2.83. The van der Waals surface area contributed by atoms with Gasteiger partial charge in [0, 0.05) is 6.04 Å². The van der Waals surface area contributed by atoms with Crippen LogP contribution in [0.2, 0.25) is 0 Å². The number of nitrogens with zero attached hydrogens (tertiary/aromatic N) is 2. The average Bonchev–Trinajstić information content (AvgIpc) is 3.24. The number of ether oxygens (including phenoxy) is 1. The zero-order valence-corrected chi connectivity index (χ0v) is 14.3. The molecule has 4 rings (SSSR count). The summed E-state index contributed by atoms with van der Waals surface area (Å²) in [6.45, 7) is 1.68. The second-order valence-corrected chi connectivity index (χ2v) is 6.97. The molecule has 1 aliphatic rings. The van der Waals surface area contributed by atoms with Crippen LogP contribution in [0.4, 0.5) is 0 Å². The van der Waals surface area contributed by atoms with Crippen LogP contribution in [0.1, 0.15) is 30.3 Å². The fourth-order valence-corrected chi connectivity index (χ4v) is 4.13. The molecule has 24 heavy (non-hydrogen) atoms. The lowest BCUT2D eigenvalue weighted by molar-refractivity contribution is 0.242. The Labute approximate surface area is 143 Å². The molecule has 2 aromatic heterocycles. The van der Waals surface area contributed by atoms with Gasteiger partial charge in [0.1, 0.15) is 16.3 Å². The Morgan fingerprint density at radius 2 is 2.17 bits per heavy atom.